The summed E-state index contributed by atoms with van der Waals surface area (Å²) in [6, 6.07) is 0. The van der Waals surface area contributed by atoms with Crippen molar-refractivity contribution in [1.82, 2.24) is 5.32 Å². The lowest BCUT2D eigenvalue weighted by Crippen LogP contribution is -2.23. The second-order valence-electron chi connectivity index (χ2n) is 1.59. The fourth-order valence-corrected chi connectivity index (χ4v) is 0.485. The first kappa shape index (κ1) is 5.15. The molecule has 0 unspecified atom stereocenters. The molecule has 8 heavy (non-hydrogen) atoms. The normalized spacial score (nSPS) is 18.6. The first-order chi connectivity index (χ1) is 3.79. The van der Waals surface area contributed by atoms with Crippen LogP contribution >= 0.6 is 0 Å². The molecule has 0 saturated carbocycles. The molecule has 2 nitrogen and oxygen atoms in total. The fourth-order valence-electron chi connectivity index (χ4n) is 0.485. The minimum atomic E-state index is -0.181. The molecule has 0 aromatic carbocycles. The molecule has 3 heteroatoms. The van der Waals surface area contributed by atoms with Gasteiger partial charge in [-0.1, -0.05) is 0 Å². The Labute approximate surface area is 46.9 Å². The van der Waals surface area contributed by atoms with Crippen molar-refractivity contribution in [2.45, 2.75) is 0 Å². The summed E-state index contributed by atoms with van der Waals surface area (Å²) in [5, 5.41) is 2.63. The van der Waals surface area contributed by atoms with E-state index in [1.165, 1.54) is 12.2 Å². The summed E-state index contributed by atoms with van der Waals surface area (Å²) in [6.07, 6.45) is 2.85. The van der Waals surface area contributed by atoms with E-state index in [9.17, 15) is 4.39 Å². The van der Waals surface area contributed by atoms with Gasteiger partial charge < -0.3 is 11.1 Å². The predicted octanol–water partition coefficient (Wildman–Crippen LogP) is 0.243. The minimum absolute atomic E-state index is 0.181. The van der Waals surface area contributed by atoms with Crippen LogP contribution < -0.4 is 11.1 Å². The van der Waals surface area contributed by atoms with Crippen LogP contribution in [0.2, 0.25) is 0 Å². The highest BCUT2D eigenvalue weighted by atomic mass is 19.1. The van der Waals surface area contributed by atoms with E-state index in [0.717, 1.165) is 0 Å². The van der Waals surface area contributed by atoms with Gasteiger partial charge in [-0.25, -0.2) is 4.39 Å². The third kappa shape index (κ3) is 0.992. The van der Waals surface area contributed by atoms with Crippen molar-refractivity contribution in [3.05, 3.63) is 23.8 Å². The number of rotatable bonds is 0. The van der Waals surface area contributed by atoms with Crippen LogP contribution in [0.4, 0.5) is 4.39 Å². The maximum Gasteiger partial charge on any atom is 0.119 e. The van der Waals surface area contributed by atoms with Gasteiger partial charge in [-0.15, -0.1) is 0 Å². The van der Waals surface area contributed by atoms with Crippen LogP contribution in [0.3, 0.4) is 0 Å². The topological polar surface area (TPSA) is 38.0 Å². The van der Waals surface area contributed by atoms with Crippen molar-refractivity contribution >= 4 is 0 Å². The van der Waals surface area contributed by atoms with E-state index in [-0.39, 0.29) is 12.4 Å². The lowest BCUT2D eigenvalue weighted by atomic mass is 10.3. The van der Waals surface area contributed by atoms with Crippen LogP contribution in [0.15, 0.2) is 23.8 Å². The summed E-state index contributed by atoms with van der Waals surface area (Å²) >= 11 is 0. The predicted molar refractivity (Wildman–Crippen MR) is 29.5 cm³/mol. The highest BCUT2D eigenvalue weighted by Crippen LogP contribution is 1.99. The minimum Gasteiger partial charge on any atom is -0.386 e. The van der Waals surface area contributed by atoms with Gasteiger partial charge in [0.25, 0.3) is 0 Å². The van der Waals surface area contributed by atoms with E-state index in [1.807, 2.05) is 0 Å². The third-order valence-corrected chi connectivity index (χ3v) is 0.905. The van der Waals surface area contributed by atoms with Gasteiger partial charge >= 0.3 is 0 Å². The van der Waals surface area contributed by atoms with E-state index in [2.05, 4.69) is 5.32 Å². The molecule has 44 valence electrons. The molecule has 3 N–H and O–H groups in total. The van der Waals surface area contributed by atoms with Crippen LogP contribution in [0, 0.1) is 0 Å². The van der Waals surface area contributed by atoms with Crippen molar-refractivity contribution in [1.29, 1.82) is 0 Å². The average molecular weight is 114 g/mol. The quantitative estimate of drug-likeness (QED) is 0.473. The SMILES string of the molecule is NC1=CC=C(F)CN1. The van der Waals surface area contributed by atoms with Gasteiger partial charge in [0.05, 0.1) is 12.4 Å². The molecule has 0 saturated heterocycles. The number of dihydropyridines is 1. The number of nitrogens with two attached hydrogens (primary N) is 1. The molecular formula is C5H7FN2. The molecule has 0 atom stereocenters. The first-order valence-electron chi connectivity index (χ1n) is 2.35. The van der Waals surface area contributed by atoms with Crippen molar-refractivity contribution in [3.63, 3.8) is 0 Å². The smallest absolute Gasteiger partial charge is 0.119 e. The largest absolute Gasteiger partial charge is 0.386 e. The monoisotopic (exact) mass is 114 g/mol. The summed E-state index contributed by atoms with van der Waals surface area (Å²) in [6.45, 7) is 0.225. The number of hydrogen-bond acceptors (Lipinski definition) is 2. The van der Waals surface area contributed by atoms with E-state index in [1.54, 1.807) is 0 Å². The van der Waals surface area contributed by atoms with Crippen LogP contribution in [0.1, 0.15) is 0 Å². The van der Waals surface area contributed by atoms with Gasteiger partial charge in [0.15, 0.2) is 0 Å². The zero-order chi connectivity index (χ0) is 5.98. The lowest BCUT2D eigenvalue weighted by molar-refractivity contribution is 0.584. The molecule has 0 fully saturated rings. The van der Waals surface area contributed by atoms with Crippen LogP contribution in [0.5, 0.6) is 0 Å². The Morgan fingerprint density at radius 3 is 2.75 bits per heavy atom. The van der Waals surface area contributed by atoms with E-state index in [0.29, 0.717) is 5.82 Å². The molecule has 0 radical (unpaired) electrons. The fraction of sp³-hybridized carbons (Fsp3) is 0.200. The standard InChI is InChI=1S/C5H7FN2/c6-4-1-2-5(7)8-3-4/h1-2,8H,3,7H2. The molecule has 1 aliphatic rings. The zero-order valence-electron chi connectivity index (χ0n) is 4.32. The molecular weight excluding hydrogens is 107 g/mol. The highest BCUT2D eigenvalue weighted by molar-refractivity contribution is 5.17. The first-order valence-corrected chi connectivity index (χ1v) is 2.35. The summed E-state index contributed by atoms with van der Waals surface area (Å²) in [4.78, 5) is 0. The van der Waals surface area contributed by atoms with Gasteiger partial charge in [-0.05, 0) is 12.2 Å². The highest BCUT2D eigenvalue weighted by Gasteiger charge is 1.97. The molecule has 1 rings (SSSR count). The van der Waals surface area contributed by atoms with Gasteiger partial charge in [-0.2, -0.15) is 0 Å². The van der Waals surface area contributed by atoms with E-state index >= 15 is 0 Å². The molecule has 0 aliphatic carbocycles. The second-order valence-corrected chi connectivity index (χ2v) is 1.59. The summed E-state index contributed by atoms with van der Waals surface area (Å²) in [5.41, 5.74) is 5.24. The van der Waals surface area contributed by atoms with Crippen molar-refractivity contribution in [2.75, 3.05) is 6.54 Å². The number of allylic oxidation sites excluding steroid dienone is 2. The Kier molecular flexibility index (Phi) is 1.20. The molecule has 1 heterocycles. The summed E-state index contributed by atoms with van der Waals surface area (Å²) in [5.74, 6) is 0.339. The van der Waals surface area contributed by atoms with Crippen molar-refractivity contribution in [2.24, 2.45) is 5.73 Å². The number of nitrogens with one attached hydrogen (secondary N) is 1. The maximum atomic E-state index is 12.1. The number of halogens is 1. The summed E-state index contributed by atoms with van der Waals surface area (Å²) < 4.78 is 12.1. The Hall–Kier alpha value is -0.990. The third-order valence-electron chi connectivity index (χ3n) is 0.905. The molecule has 0 aromatic heterocycles. The van der Waals surface area contributed by atoms with Gasteiger partial charge in [-0.3, -0.25) is 0 Å². The molecule has 0 aromatic rings. The van der Waals surface area contributed by atoms with Crippen molar-refractivity contribution < 1.29 is 4.39 Å². The van der Waals surface area contributed by atoms with Gasteiger partial charge in [0, 0.05) is 0 Å². The molecule has 0 bridgehead atoms. The van der Waals surface area contributed by atoms with E-state index < -0.39 is 0 Å². The Balaban J connectivity index is 2.65. The number of hydrogen-bond donors (Lipinski definition) is 2. The second kappa shape index (κ2) is 1.86. The van der Waals surface area contributed by atoms with Gasteiger partial charge in [0.2, 0.25) is 0 Å². The Morgan fingerprint density at radius 1 is 1.62 bits per heavy atom. The van der Waals surface area contributed by atoms with Crippen LogP contribution in [0.25, 0.3) is 0 Å². The van der Waals surface area contributed by atoms with Gasteiger partial charge in [0.1, 0.15) is 5.83 Å². The summed E-state index contributed by atoms with van der Waals surface area (Å²) in [7, 11) is 0. The Morgan fingerprint density at radius 2 is 2.38 bits per heavy atom. The van der Waals surface area contributed by atoms with Crippen LogP contribution in [-0.4, -0.2) is 6.54 Å². The van der Waals surface area contributed by atoms with E-state index in [4.69, 9.17) is 5.73 Å². The molecule has 0 spiro atoms. The zero-order valence-corrected chi connectivity index (χ0v) is 4.32. The maximum absolute atomic E-state index is 12.1. The van der Waals surface area contributed by atoms with Crippen LogP contribution in [-0.2, 0) is 0 Å². The molecule has 1 aliphatic heterocycles. The Bertz CT molecular complexity index is 131. The van der Waals surface area contributed by atoms with Crippen molar-refractivity contribution in [3.8, 4) is 0 Å². The molecule has 0 amide bonds. The lowest BCUT2D eigenvalue weighted by Gasteiger charge is -2.06. The average Bonchev–Trinajstić information content (AvgIpc) is 1.77.